The maximum atomic E-state index is 10.8. The van der Waals surface area contributed by atoms with Gasteiger partial charge in [0.1, 0.15) is 6.61 Å². The molecule has 1 aliphatic carbocycles. The van der Waals surface area contributed by atoms with E-state index >= 15 is 0 Å². The van der Waals surface area contributed by atoms with E-state index in [9.17, 15) is 4.79 Å². The first-order chi connectivity index (χ1) is 8.69. The third kappa shape index (κ3) is 3.29. The summed E-state index contributed by atoms with van der Waals surface area (Å²) in [5.41, 5.74) is 0. The number of hydrogen-bond donors (Lipinski definition) is 1. The molecule has 1 aromatic rings. The molecular formula is C12H18N2O4. The molecule has 0 spiro atoms. The van der Waals surface area contributed by atoms with Crippen LogP contribution >= 0.6 is 0 Å². The van der Waals surface area contributed by atoms with E-state index in [0.29, 0.717) is 31.2 Å². The van der Waals surface area contributed by atoms with Crippen molar-refractivity contribution in [2.75, 3.05) is 0 Å². The summed E-state index contributed by atoms with van der Waals surface area (Å²) in [5.74, 6) is 0.202. The Kier molecular flexibility index (Phi) is 4.30. The minimum Gasteiger partial charge on any atom is -0.481 e. The zero-order valence-electron chi connectivity index (χ0n) is 10.5. The van der Waals surface area contributed by atoms with Crippen LogP contribution in [0.5, 0.6) is 0 Å². The van der Waals surface area contributed by atoms with Crippen molar-refractivity contribution in [3.05, 3.63) is 11.8 Å². The van der Waals surface area contributed by atoms with E-state index in [0.717, 1.165) is 19.3 Å². The molecule has 0 radical (unpaired) electrons. The molecule has 0 atom stereocenters. The number of carbonyl (C=O) groups is 1. The summed E-state index contributed by atoms with van der Waals surface area (Å²) in [7, 11) is 0. The monoisotopic (exact) mass is 254 g/mol. The Morgan fingerprint density at radius 2 is 2.00 bits per heavy atom. The van der Waals surface area contributed by atoms with Gasteiger partial charge in [0.25, 0.3) is 0 Å². The second-order valence-electron chi connectivity index (χ2n) is 4.57. The fraction of sp³-hybridized carbons (Fsp3) is 0.750. The van der Waals surface area contributed by atoms with Gasteiger partial charge in [0.2, 0.25) is 11.8 Å². The number of aryl methyl sites for hydroxylation is 1. The Labute approximate surface area is 105 Å². The first-order valence-electron chi connectivity index (χ1n) is 6.34. The molecule has 1 aliphatic rings. The molecule has 1 fully saturated rings. The molecule has 2 rings (SSSR count). The van der Waals surface area contributed by atoms with Crippen LogP contribution in [0.15, 0.2) is 4.42 Å². The summed E-state index contributed by atoms with van der Waals surface area (Å²) in [6.45, 7) is 2.26. The predicted molar refractivity (Wildman–Crippen MR) is 61.8 cm³/mol. The Morgan fingerprint density at radius 1 is 1.33 bits per heavy atom. The fourth-order valence-corrected chi connectivity index (χ4v) is 2.16. The van der Waals surface area contributed by atoms with Crippen molar-refractivity contribution in [1.29, 1.82) is 0 Å². The fourth-order valence-electron chi connectivity index (χ4n) is 2.16. The average Bonchev–Trinajstić information content (AvgIpc) is 2.85. The van der Waals surface area contributed by atoms with Gasteiger partial charge in [-0.15, -0.1) is 10.2 Å². The standard InChI is InChI=1S/C12H18N2O4/c1-2-10-13-14-11(18-10)7-17-9-5-3-8(4-6-9)12(15)16/h8-9H,2-7H2,1H3,(H,15,16). The van der Waals surface area contributed by atoms with Crippen molar-refractivity contribution in [2.45, 2.75) is 51.7 Å². The van der Waals surface area contributed by atoms with Gasteiger partial charge in [-0.2, -0.15) is 0 Å². The van der Waals surface area contributed by atoms with Crippen LogP contribution in [0.2, 0.25) is 0 Å². The highest BCUT2D eigenvalue weighted by Gasteiger charge is 2.26. The molecule has 0 unspecified atom stereocenters. The third-order valence-electron chi connectivity index (χ3n) is 3.28. The largest absolute Gasteiger partial charge is 0.481 e. The van der Waals surface area contributed by atoms with E-state index in [1.807, 2.05) is 6.92 Å². The number of carboxylic acid groups (broad SMARTS) is 1. The molecule has 0 bridgehead atoms. The van der Waals surface area contributed by atoms with Crippen LogP contribution in [0.25, 0.3) is 0 Å². The van der Waals surface area contributed by atoms with Gasteiger partial charge in [0, 0.05) is 6.42 Å². The molecule has 0 aromatic carbocycles. The molecule has 0 saturated heterocycles. The van der Waals surface area contributed by atoms with Crippen LogP contribution in [-0.2, 0) is 22.6 Å². The summed E-state index contributed by atoms with van der Waals surface area (Å²) in [6.07, 6.45) is 3.76. The lowest BCUT2D eigenvalue weighted by molar-refractivity contribution is -0.144. The maximum Gasteiger partial charge on any atom is 0.306 e. The van der Waals surface area contributed by atoms with E-state index in [4.69, 9.17) is 14.3 Å². The Bertz CT molecular complexity index is 397. The van der Waals surface area contributed by atoms with Crippen molar-refractivity contribution >= 4 is 5.97 Å². The zero-order chi connectivity index (χ0) is 13.0. The number of aromatic nitrogens is 2. The maximum absolute atomic E-state index is 10.8. The second kappa shape index (κ2) is 5.95. The van der Waals surface area contributed by atoms with Crippen LogP contribution < -0.4 is 0 Å². The van der Waals surface area contributed by atoms with Gasteiger partial charge < -0.3 is 14.3 Å². The van der Waals surface area contributed by atoms with Gasteiger partial charge in [-0.05, 0) is 25.7 Å². The Balaban J connectivity index is 1.73. The van der Waals surface area contributed by atoms with E-state index < -0.39 is 5.97 Å². The van der Waals surface area contributed by atoms with E-state index in [1.54, 1.807) is 0 Å². The van der Waals surface area contributed by atoms with Crippen molar-refractivity contribution in [2.24, 2.45) is 5.92 Å². The van der Waals surface area contributed by atoms with Crippen molar-refractivity contribution in [3.8, 4) is 0 Å². The first-order valence-corrected chi connectivity index (χ1v) is 6.34. The minimum atomic E-state index is -0.696. The number of nitrogens with zero attached hydrogens (tertiary/aromatic N) is 2. The van der Waals surface area contributed by atoms with Gasteiger partial charge in [0.15, 0.2) is 0 Å². The highest BCUT2D eigenvalue weighted by Crippen LogP contribution is 2.26. The molecular weight excluding hydrogens is 236 g/mol. The normalized spacial score (nSPS) is 24.1. The number of rotatable bonds is 5. The first kappa shape index (κ1) is 13.0. The van der Waals surface area contributed by atoms with E-state index in [-0.39, 0.29) is 12.0 Å². The molecule has 0 aliphatic heterocycles. The smallest absolute Gasteiger partial charge is 0.306 e. The number of ether oxygens (including phenoxy) is 1. The summed E-state index contributed by atoms with van der Waals surface area (Å²) >= 11 is 0. The second-order valence-corrected chi connectivity index (χ2v) is 4.57. The predicted octanol–water partition coefficient (Wildman–Crippen LogP) is 1.79. The number of carboxylic acids is 1. The highest BCUT2D eigenvalue weighted by atomic mass is 16.5. The highest BCUT2D eigenvalue weighted by molar-refractivity contribution is 5.70. The van der Waals surface area contributed by atoms with Gasteiger partial charge in [-0.25, -0.2) is 0 Å². The average molecular weight is 254 g/mol. The zero-order valence-corrected chi connectivity index (χ0v) is 10.5. The summed E-state index contributed by atoms with van der Waals surface area (Å²) in [6, 6.07) is 0. The molecule has 1 aromatic heterocycles. The molecule has 6 heteroatoms. The van der Waals surface area contributed by atoms with Gasteiger partial charge >= 0.3 is 5.97 Å². The van der Waals surface area contributed by atoms with Gasteiger partial charge in [0.05, 0.1) is 12.0 Å². The lowest BCUT2D eigenvalue weighted by atomic mass is 9.87. The Hall–Kier alpha value is -1.43. The molecule has 1 saturated carbocycles. The third-order valence-corrected chi connectivity index (χ3v) is 3.28. The summed E-state index contributed by atoms with van der Waals surface area (Å²) < 4.78 is 11.0. The molecule has 1 N–H and O–H groups in total. The van der Waals surface area contributed by atoms with Crippen LogP contribution in [0.3, 0.4) is 0 Å². The molecule has 1 heterocycles. The Morgan fingerprint density at radius 3 is 2.56 bits per heavy atom. The summed E-state index contributed by atoms with van der Waals surface area (Å²) in [4.78, 5) is 10.8. The summed E-state index contributed by atoms with van der Waals surface area (Å²) in [5, 5.41) is 16.6. The number of hydrogen-bond acceptors (Lipinski definition) is 5. The van der Waals surface area contributed by atoms with Gasteiger partial charge in [-0.1, -0.05) is 6.92 Å². The molecule has 18 heavy (non-hydrogen) atoms. The van der Waals surface area contributed by atoms with Crippen LogP contribution in [0.1, 0.15) is 44.4 Å². The van der Waals surface area contributed by atoms with Crippen molar-refractivity contribution in [1.82, 2.24) is 10.2 Å². The van der Waals surface area contributed by atoms with Crippen molar-refractivity contribution in [3.63, 3.8) is 0 Å². The molecule has 100 valence electrons. The van der Waals surface area contributed by atoms with Gasteiger partial charge in [-0.3, -0.25) is 4.79 Å². The minimum absolute atomic E-state index is 0.109. The molecule has 0 amide bonds. The van der Waals surface area contributed by atoms with E-state index in [1.165, 1.54) is 0 Å². The molecule has 6 nitrogen and oxygen atoms in total. The lowest BCUT2D eigenvalue weighted by Crippen LogP contribution is -2.25. The topological polar surface area (TPSA) is 85.5 Å². The quantitative estimate of drug-likeness (QED) is 0.862. The lowest BCUT2D eigenvalue weighted by Gasteiger charge is -2.25. The van der Waals surface area contributed by atoms with Crippen LogP contribution in [0.4, 0.5) is 0 Å². The van der Waals surface area contributed by atoms with E-state index in [2.05, 4.69) is 10.2 Å². The van der Waals surface area contributed by atoms with Crippen LogP contribution in [0, 0.1) is 5.92 Å². The van der Waals surface area contributed by atoms with Crippen molar-refractivity contribution < 1.29 is 19.1 Å². The SMILES string of the molecule is CCc1nnc(COC2CCC(C(=O)O)CC2)o1. The van der Waals surface area contributed by atoms with Crippen LogP contribution in [-0.4, -0.2) is 27.4 Å². The number of aliphatic carboxylic acids is 1.